The van der Waals surface area contributed by atoms with Crippen LogP contribution in [0.4, 0.5) is 0 Å². The molecule has 0 saturated heterocycles. The van der Waals surface area contributed by atoms with E-state index >= 15 is 0 Å². The number of rotatable bonds is 8. The molecular weight excluding hydrogens is 318 g/mol. The van der Waals surface area contributed by atoms with Gasteiger partial charge in [0.1, 0.15) is 11.5 Å². The van der Waals surface area contributed by atoms with Gasteiger partial charge in [-0.15, -0.1) is 0 Å². The first-order chi connectivity index (χ1) is 12.1. The third-order valence-electron chi connectivity index (χ3n) is 4.22. The van der Waals surface area contributed by atoms with E-state index in [9.17, 15) is 0 Å². The van der Waals surface area contributed by atoms with Gasteiger partial charge in [-0.3, -0.25) is 9.89 Å². The quantitative estimate of drug-likeness (QED) is 0.564. The normalized spacial score (nSPS) is 13.3. The van der Waals surface area contributed by atoms with Crippen LogP contribution in [0.5, 0.6) is 0 Å². The van der Waals surface area contributed by atoms with Crippen molar-refractivity contribution in [2.75, 3.05) is 27.7 Å². The maximum atomic E-state index is 5.54. The van der Waals surface area contributed by atoms with Crippen LogP contribution in [-0.2, 0) is 19.4 Å². The van der Waals surface area contributed by atoms with Crippen molar-refractivity contribution in [1.82, 2.24) is 20.7 Å². The number of furan rings is 1. The molecule has 0 saturated carbocycles. The van der Waals surface area contributed by atoms with E-state index in [4.69, 9.17) is 8.94 Å². The van der Waals surface area contributed by atoms with Crippen molar-refractivity contribution in [2.24, 2.45) is 4.99 Å². The zero-order valence-electron chi connectivity index (χ0n) is 15.8. The van der Waals surface area contributed by atoms with E-state index in [-0.39, 0.29) is 6.04 Å². The average molecular weight is 347 g/mol. The lowest BCUT2D eigenvalue weighted by molar-refractivity contribution is 0.258. The summed E-state index contributed by atoms with van der Waals surface area (Å²) < 4.78 is 11.0. The average Bonchev–Trinajstić information content (AvgIpc) is 3.26. The number of aryl methyl sites for hydroxylation is 2. The van der Waals surface area contributed by atoms with Gasteiger partial charge in [0.2, 0.25) is 0 Å². The Morgan fingerprint density at radius 1 is 1.28 bits per heavy atom. The molecule has 0 aliphatic rings. The Morgan fingerprint density at radius 2 is 2.08 bits per heavy atom. The predicted octanol–water partition coefficient (Wildman–Crippen LogP) is 2.36. The monoisotopic (exact) mass is 347 g/mol. The summed E-state index contributed by atoms with van der Waals surface area (Å²) >= 11 is 0. The van der Waals surface area contributed by atoms with Gasteiger partial charge in [-0.2, -0.15) is 0 Å². The van der Waals surface area contributed by atoms with Crippen LogP contribution in [0.3, 0.4) is 0 Å². The van der Waals surface area contributed by atoms with Gasteiger partial charge in [0.05, 0.1) is 18.0 Å². The molecule has 0 aliphatic heterocycles. The molecule has 0 spiro atoms. The number of nitrogens with one attached hydrogen (secondary N) is 2. The van der Waals surface area contributed by atoms with Crippen LogP contribution in [0, 0.1) is 0 Å². The Hall–Kier alpha value is -2.28. The van der Waals surface area contributed by atoms with Crippen molar-refractivity contribution in [3.63, 3.8) is 0 Å². The Morgan fingerprint density at radius 3 is 2.64 bits per heavy atom. The van der Waals surface area contributed by atoms with E-state index < -0.39 is 0 Å². The molecule has 0 bridgehead atoms. The molecule has 0 radical (unpaired) electrons. The van der Waals surface area contributed by atoms with E-state index in [0.717, 1.165) is 41.6 Å². The van der Waals surface area contributed by atoms with Crippen LogP contribution < -0.4 is 10.6 Å². The van der Waals surface area contributed by atoms with Crippen LogP contribution in [0.2, 0.25) is 0 Å². The van der Waals surface area contributed by atoms with E-state index in [1.54, 1.807) is 13.3 Å². The smallest absolute Gasteiger partial charge is 0.191 e. The summed E-state index contributed by atoms with van der Waals surface area (Å²) in [5.74, 6) is 2.60. The van der Waals surface area contributed by atoms with Gasteiger partial charge in [-0.05, 0) is 32.6 Å². The highest BCUT2D eigenvalue weighted by Gasteiger charge is 2.18. The Bertz CT molecular complexity index is 640. The van der Waals surface area contributed by atoms with Crippen molar-refractivity contribution in [3.05, 3.63) is 41.2 Å². The summed E-state index contributed by atoms with van der Waals surface area (Å²) in [4.78, 5) is 6.42. The molecule has 2 N–H and O–H groups in total. The summed E-state index contributed by atoms with van der Waals surface area (Å²) in [7, 11) is 5.83. The Balaban J connectivity index is 1.96. The molecule has 0 aliphatic carbocycles. The number of aliphatic imine (C=N–C) groups is 1. The highest BCUT2D eigenvalue weighted by molar-refractivity contribution is 5.79. The SMILES string of the molecule is CCc1noc(CC)c1CNC(=NC)NCC(c1ccco1)N(C)C. The van der Waals surface area contributed by atoms with Crippen molar-refractivity contribution in [1.29, 1.82) is 0 Å². The topological polar surface area (TPSA) is 78.8 Å². The summed E-state index contributed by atoms with van der Waals surface area (Å²) in [6.07, 6.45) is 3.38. The second-order valence-electron chi connectivity index (χ2n) is 6.04. The van der Waals surface area contributed by atoms with E-state index in [0.29, 0.717) is 13.1 Å². The minimum atomic E-state index is 0.126. The molecule has 2 rings (SSSR count). The number of nitrogens with zero attached hydrogens (tertiary/aromatic N) is 3. The van der Waals surface area contributed by atoms with E-state index in [1.165, 1.54) is 0 Å². The van der Waals surface area contributed by atoms with Gasteiger partial charge in [-0.1, -0.05) is 19.0 Å². The third-order valence-corrected chi connectivity index (χ3v) is 4.22. The predicted molar refractivity (Wildman–Crippen MR) is 98.6 cm³/mol. The highest BCUT2D eigenvalue weighted by atomic mass is 16.5. The fourth-order valence-corrected chi connectivity index (χ4v) is 2.74. The highest BCUT2D eigenvalue weighted by Crippen LogP contribution is 2.18. The number of guanidine groups is 1. The van der Waals surface area contributed by atoms with Crippen molar-refractivity contribution >= 4 is 5.96 Å². The first-order valence-electron chi connectivity index (χ1n) is 8.71. The Labute approximate surface area is 149 Å². The second-order valence-corrected chi connectivity index (χ2v) is 6.04. The summed E-state index contributed by atoms with van der Waals surface area (Å²) in [5, 5.41) is 10.9. The lowest BCUT2D eigenvalue weighted by atomic mass is 10.1. The maximum absolute atomic E-state index is 5.54. The van der Waals surface area contributed by atoms with Crippen molar-refractivity contribution in [3.8, 4) is 0 Å². The molecule has 0 amide bonds. The lowest BCUT2D eigenvalue weighted by Crippen LogP contribution is -2.41. The fourth-order valence-electron chi connectivity index (χ4n) is 2.74. The number of hydrogen-bond donors (Lipinski definition) is 2. The zero-order chi connectivity index (χ0) is 18.2. The minimum absolute atomic E-state index is 0.126. The molecule has 0 aromatic carbocycles. The first kappa shape index (κ1) is 19.1. The molecule has 2 aromatic heterocycles. The number of hydrogen-bond acceptors (Lipinski definition) is 5. The van der Waals surface area contributed by atoms with Crippen LogP contribution in [-0.4, -0.2) is 43.7 Å². The minimum Gasteiger partial charge on any atom is -0.468 e. The third kappa shape index (κ3) is 4.85. The molecular formula is C18H29N5O2. The van der Waals surface area contributed by atoms with Crippen molar-refractivity contribution in [2.45, 2.75) is 39.3 Å². The van der Waals surface area contributed by atoms with Crippen LogP contribution >= 0.6 is 0 Å². The zero-order valence-corrected chi connectivity index (χ0v) is 15.8. The molecule has 7 heteroatoms. The standard InChI is InChI=1S/C18H29N5O2/c1-6-14-13(16(7-2)25-22-14)11-20-18(19-3)21-12-15(23(4)5)17-9-8-10-24-17/h8-10,15H,6-7,11-12H2,1-5H3,(H2,19,20,21). The van der Waals surface area contributed by atoms with Crippen LogP contribution in [0.15, 0.2) is 32.3 Å². The summed E-state index contributed by atoms with van der Waals surface area (Å²) in [6, 6.07) is 4.02. The van der Waals surface area contributed by atoms with Gasteiger partial charge in [-0.25, -0.2) is 0 Å². The van der Waals surface area contributed by atoms with Gasteiger partial charge in [0.15, 0.2) is 5.96 Å². The summed E-state index contributed by atoms with van der Waals surface area (Å²) in [5.41, 5.74) is 2.13. The van der Waals surface area contributed by atoms with Gasteiger partial charge in [0, 0.05) is 32.1 Å². The number of likely N-dealkylation sites (N-methyl/N-ethyl adjacent to an activating group) is 1. The maximum Gasteiger partial charge on any atom is 0.191 e. The van der Waals surface area contributed by atoms with E-state index in [2.05, 4.69) is 39.5 Å². The summed E-state index contributed by atoms with van der Waals surface area (Å²) in [6.45, 7) is 5.48. The molecule has 7 nitrogen and oxygen atoms in total. The lowest BCUT2D eigenvalue weighted by Gasteiger charge is -2.23. The molecule has 0 fully saturated rings. The van der Waals surface area contributed by atoms with Crippen LogP contribution in [0.25, 0.3) is 0 Å². The first-order valence-corrected chi connectivity index (χ1v) is 8.71. The van der Waals surface area contributed by atoms with E-state index in [1.807, 2.05) is 26.2 Å². The number of aromatic nitrogens is 1. The fraction of sp³-hybridized carbons (Fsp3) is 0.556. The molecule has 138 valence electrons. The Kier molecular flexibility index (Phi) is 7.06. The second kappa shape index (κ2) is 9.27. The molecule has 1 atom stereocenters. The largest absolute Gasteiger partial charge is 0.468 e. The van der Waals surface area contributed by atoms with Crippen LogP contribution in [0.1, 0.15) is 42.7 Å². The molecule has 25 heavy (non-hydrogen) atoms. The van der Waals surface area contributed by atoms with Gasteiger partial charge in [0.25, 0.3) is 0 Å². The molecule has 2 aromatic rings. The molecule has 1 unspecified atom stereocenters. The van der Waals surface area contributed by atoms with Gasteiger partial charge < -0.3 is 19.6 Å². The van der Waals surface area contributed by atoms with Crippen molar-refractivity contribution < 1.29 is 8.94 Å². The van der Waals surface area contributed by atoms with Gasteiger partial charge >= 0.3 is 0 Å². The molecule has 2 heterocycles.